The third-order valence-electron chi connectivity index (χ3n) is 2.48. The second-order valence-corrected chi connectivity index (χ2v) is 6.38. The standard InChI is InChI=1S/C12H19FN2O3S/c1-9(7-15(2)3)14-19(17,18)12-6-11(13)5-4-10(12)8-16/h4-6,9,14,16H,7-8H2,1-3H3. The van der Waals surface area contributed by atoms with Crippen LogP contribution in [-0.4, -0.2) is 45.1 Å². The van der Waals surface area contributed by atoms with Crippen LogP contribution in [0, 0.1) is 5.82 Å². The van der Waals surface area contributed by atoms with Crippen molar-refractivity contribution < 1.29 is 17.9 Å². The van der Waals surface area contributed by atoms with Crippen molar-refractivity contribution in [1.82, 2.24) is 9.62 Å². The molecule has 0 saturated carbocycles. The number of benzene rings is 1. The monoisotopic (exact) mass is 290 g/mol. The summed E-state index contributed by atoms with van der Waals surface area (Å²) in [6, 6.07) is 2.97. The Balaban J connectivity index is 3.03. The minimum Gasteiger partial charge on any atom is -0.392 e. The molecule has 0 amide bonds. The van der Waals surface area contributed by atoms with Gasteiger partial charge >= 0.3 is 0 Å². The molecule has 0 heterocycles. The van der Waals surface area contributed by atoms with Gasteiger partial charge in [0, 0.05) is 12.6 Å². The number of hydrogen-bond donors (Lipinski definition) is 2. The summed E-state index contributed by atoms with van der Waals surface area (Å²) in [5.41, 5.74) is 0.172. The number of hydrogen-bond acceptors (Lipinski definition) is 4. The number of sulfonamides is 1. The van der Waals surface area contributed by atoms with Gasteiger partial charge in [-0.1, -0.05) is 6.07 Å². The topological polar surface area (TPSA) is 69.6 Å². The highest BCUT2D eigenvalue weighted by molar-refractivity contribution is 7.89. The predicted octanol–water partition coefficient (Wildman–Crippen LogP) is 0.546. The molecule has 1 unspecified atom stereocenters. The lowest BCUT2D eigenvalue weighted by molar-refractivity contribution is 0.278. The highest BCUT2D eigenvalue weighted by Gasteiger charge is 2.21. The Kier molecular flexibility index (Phi) is 5.42. The maximum Gasteiger partial charge on any atom is 0.241 e. The summed E-state index contributed by atoms with van der Waals surface area (Å²) in [6.45, 7) is 1.77. The number of aliphatic hydroxyl groups is 1. The lowest BCUT2D eigenvalue weighted by atomic mass is 10.2. The minimum absolute atomic E-state index is 0.172. The highest BCUT2D eigenvalue weighted by atomic mass is 32.2. The van der Waals surface area contributed by atoms with E-state index in [0.29, 0.717) is 6.54 Å². The Morgan fingerprint density at radius 3 is 2.58 bits per heavy atom. The Morgan fingerprint density at radius 1 is 1.42 bits per heavy atom. The number of rotatable bonds is 6. The zero-order valence-corrected chi connectivity index (χ0v) is 12.0. The number of halogens is 1. The molecule has 19 heavy (non-hydrogen) atoms. The number of likely N-dealkylation sites (N-methyl/N-ethyl adjacent to an activating group) is 1. The van der Waals surface area contributed by atoms with Crippen molar-refractivity contribution in [3.8, 4) is 0 Å². The Hall–Kier alpha value is -1.02. The maximum atomic E-state index is 13.2. The van der Waals surface area contributed by atoms with Crippen molar-refractivity contribution in [2.45, 2.75) is 24.5 Å². The van der Waals surface area contributed by atoms with E-state index in [4.69, 9.17) is 5.11 Å². The van der Waals surface area contributed by atoms with Crippen LogP contribution in [0.4, 0.5) is 4.39 Å². The lowest BCUT2D eigenvalue weighted by Crippen LogP contribution is -2.39. The molecule has 108 valence electrons. The molecule has 0 aliphatic heterocycles. The van der Waals surface area contributed by atoms with Crippen LogP contribution in [0.1, 0.15) is 12.5 Å². The van der Waals surface area contributed by atoms with E-state index in [2.05, 4.69) is 4.72 Å². The summed E-state index contributed by atoms with van der Waals surface area (Å²) in [7, 11) is -0.196. The van der Waals surface area contributed by atoms with Crippen molar-refractivity contribution >= 4 is 10.0 Å². The zero-order chi connectivity index (χ0) is 14.6. The van der Waals surface area contributed by atoms with Crippen molar-refractivity contribution in [3.63, 3.8) is 0 Å². The molecule has 0 fully saturated rings. The van der Waals surface area contributed by atoms with Crippen molar-refractivity contribution in [3.05, 3.63) is 29.6 Å². The molecular formula is C12H19FN2O3S. The molecule has 0 aliphatic carbocycles. The van der Waals surface area contributed by atoms with Gasteiger partial charge in [-0.25, -0.2) is 17.5 Å². The molecule has 0 spiro atoms. The zero-order valence-electron chi connectivity index (χ0n) is 11.2. The lowest BCUT2D eigenvalue weighted by Gasteiger charge is -2.19. The van der Waals surface area contributed by atoms with Gasteiger partial charge in [0.25, 0.3) is 0 Å². The summed E-state index contributed by atoms with van der Waals surface area (Å²) >= 11 is 0. The number of nitrogens with zero attached hydrogens (tertiary/aromatic N) is 1. The fraction of sp³-hybridized carbons (Fsp3) is 0.500. The van der Waals surface area contributed by atoms with E-state index < -0.39 is 22.4 Å². The molecule has 2 N–H and O–H groups in total. The van der Waals surface area contributed by atoms with Gasteiger partial charge in [-0.15, -0.1) is 0 Å². The molecule has 1 aromatic carbocycles. The van der Waals surface area contributed by atoms with Crippen LogP contribution in [0.3, 0.4) is 0 Å². The normalized spacial score (nSPS) is 13.8. The van der Waals surface area contributed by atoms with Gasteiger partial charge in [0.2, 0.25) is 10.0 Å². The van der Waals surface area contributed by atoms with Crippen molar-refractivity contribution in [1.29, 1.82) is 0 Å². The molecule has 0 aromatic heterocycles. The molecule has 5 nitrogen and oxygen atoms in total. The first-order chi connectivity index (χ1) is 8.76. The molecule has 0 bridgehead atoms. The molecule has 7 heteroatoms. The fourth-order valence-corrected chi connectivity index (χ4v) is 3.30. The highest BCUT2D eigenvalue weighted by Crippen LogP contribution is 2.17. The van der Waals surface area contributed by atoms with Crippen LogP contribution in [0.2, 0.25) is 0 Å². The van der Waals surface area contributed by atoms with Gasteiger partial charge in [-0.3, -0.25) is 0 Å². The summed E-state index contributed by atoms with van der Waals surface area (Å²) in [5, 5.41) is 9.13. The third-order valence-corrected chi connectivity index (χ3v) is 4.16. The van der Waals surface area contributed by atoms with Crippen LogP contribution in [-0.2, 0) is 16.6 Å². The van der Waals surface area contributed by atoms with Gasteiger partial charge in [-0.2, -0.15) is 0 Å². The van der Waals surface area contributed by atoms with Gasteiger partial charge in [0.05, 0.1) is 11.5 Å². The van der Waals surface area contributed by atoms with Crippen molar-refractivity contribution in [2.24, 2.45) is 0 Å². The first-order valence-corrected chi connectivity index (χ1v) is 7.31. The van der Waals surface area contributed by atoms with E-state index in [1.807, 2.05) is 19.0 Å². The first kappa shape index (κ1) is 16.0. The van der Waals surface area contributed by atoms with Gasteiger partial charge in [-0.05, 0) is 38.7 Å². The molecule has 0 aliphatic rings. The van der Waals surface area contributed by atoms with Crippen LogP contribution < -0.4 is 4.72 Å². The molecular weight excluding hydrogens is 271 g/mol. The summed E-state index contributed by atoms with van der Waals surface area (Å²) < 4.78 is 39.9. The number of aliphatic hydroxyl groups excluding tert-OH is 1. The van der Waals surface area contributed by atoms with Gasteiger partial charge in [0.1, 0.15) is 5.82 Å². The quantitative estimate of drug-likeness (QED) is 0.802. The predicted molar refractivity (Wildman–Crippen MR) is 70.7 cm³/mol. The van der Waals surface area contributed by atoms with E-state index in [-0.39, 0.29) is 16.5 Å². The van der Waals surface area contributed by atoms with Crippen molar-refractivity contribution in [2.75, 3.05) is 20.6 Å². The second kappa shape index (κ2) is 6.42. The van der Waals surface area contributed by atoms with Gasteiger partial charge in [0.15, 0.2) is 0 Å². The van der Waals surface area contributed by atoms with E-state index in [0.717, 1.165) is 12.1 Å². The first-order valence-electron chi connectivity index (χ1n) is 5.82. The van der Waals surface area contributed by atoms with Crippen LogP contribution in [0.25, 0.3) is 0 Å². The Morgan fingerprint density at radius 2 is 2.05 bits per heavy atom. The number of nitrogens with one attached hydrogen (secondary N) is 1. The van der Waals surface area contributed by atoms with E-state index in [1.54, 1.807) is 6.92 Å². The Labute approximate surface area is 113 Å². The van der Waals surface area contributed by atoms with Crippen LogP contribution in [0.5, 0.6) is 0 Å². The third kappa shape index (κ3) is 4.54. The smallest absolute Gasteiger partial charge is 0.241 e. The van der Waals surface area contributed by atoms with E-state index >= 15 is 0 Å². The molecule has 1 rings (SSSR count). The molecule has 1 aromatic rings. The molecule has 0 radical (unpaired) electrons. The second-order valence-electron chi connectivity index (χ2n) is 4.69. The SMILES string of the molecule is CC(CN(C)C)NS(=O)(=O)c1cc(F)ccc1CO. The van der Waals surface area contributed by atoms with Crippen LogP contribution in [0.15, 0.2) is 23.1 Å². The average Bonchev–Trinajstić information content (AvgIpc) is 2.26. The molecule has 0 saturated heterocycles. The summed E-state index contributed by atoms with van der Waals surface area (Å²) in [5.74, 6) is -0.655. The maximum absolute atomic E-state index is 13.2. The Bertz CT molecular complexity index is 532. The average molecular weight is 290 g/mol. The van der Waals surface area contributed by atoms with E-state index in [9.17, 15) is 12.8 Å². The molecule has 1 atom stereocenters. The summed E-state index contributed by atoms with van der Waals surface area (Å²) in [4.78, 5) is 1.62. The fourth-order valence-electron chi connectivity index (χ4n) is 1.82. The summed E-state index contributed by atoms with van der Waals surface area (Å²) in [6.07, 6.45) is 0. The largest absolute Gasteiger partial charge is 0.392 e. The van der Waals surface area contributed by atoms with E-state index in [1.165, 1.54) is 6.07 Å². The van der Waals surface area contributed by atoms with Gasteiger partial charge < -0.3 is 10.0 Å². The van der Waals surface area contributed by atoms with Crippen LogP contribution >= 0.6 is 0 Å². The minimum atomic E-state index is -3.85.